The molecule has 220 valence electrons. The van der Waals surface area contributed by atoms with Crippen LogP contribution in [0.5, 0.6) is 23.0 Å². The van der Waals surface area contributed by atoms with Crippen LogP contribution in [0.15, 0.2) is 82.8 Å². The van der Waals surface area contributed by atoms with Gasteiger partial charge < -0.3 is 19.7 Å². The zero-order valence-electron chi connectivity index (χ0n) is 25.3. The summed E-state index contributed by atoms with van der Waals surface area (Å²) in [5, 5.41) is 28.0. The molecule has 6 heteroatoms. The van der Waals surface area contributed by atoms with Gasteiger partial charge in [0.15, 0.2) is 0 Å². The van der Waals surface area contributed by atoms with Crippen molar-refractivity contribution in [2.45, 2.75) is 56.5 Å². The smallest absolute Gasteiger partial charge is 0.133 e. The van der Waals surface area contributed by atoms with Crippen molar-refractivity contribution in [2.24, 2.45) is 15.9 Å². The summed E-state index contributed by atoms with van der Waals surface area (Å²) < 4.78 is 12.4. The molecule has 0 spiro atoms. The van der Waals surface area contributed by atoms with Gasteiger partial charge in [-0.3, -0.25) is 9.98 Å². The quantitative estimate of drug-likeness (QED) is 0.159. The van der Waals surface area contributed by atoms with Gasteiger partial charge in [-0.25, -0.2) is 0 Å². The topological polar surface area (TPSA) is 83.6 Å². The number of rotatable bonds is 0. The van der Waals surface area contributed by atoms with Gasteiger partial charge in [-0.2, -0.15) is 0 Å². The minimum absolute atomic E-state index is 0.0644. The summed E-state index contributed by atoms with van der Waals surface area (Å²) >= 11 is 0. The molecule has 0 saturated heterocycles. The Morgan fingerprint density at radius 2 is 1.16 bits per heavy atom. The third-order valence-corrected chi connectivity index (χ3v) is 10.8. The summed E-state index contributed by atoms with van der Waals surface area (Å²) in [6.07, 6.45) is 0. The van der Waals surface area contributed by atoms with Crippen LogP contribution in [0.1, 0.15) is 67.7 Å². The highest BCUT2D eigenvalue weighted by Crippen LogP contribution is 2.52. The van der Waals surface area contributed by atoms with Crippen molar-refractivity contribution in [1.82, 2.24) is 0 Å². The van der Waals surface area contributed by atoms with Crippen LogP contribution in [0, 0.1) is 5.92 Å². The van der Waals surface area contributed by atoms with Crippen LogP contribution >= 0.6 is 0 Å². The molecule has 5 aromatic rings. The number of aromatic hydroxyl groups is 2. The number of ether oxygens (including phenoxy) is 2. The number of nitrogens with zero attached hydrogens (tertiary/aromatic N) is 2. The van der Waals surface area contributed by atoms with Gasteiger partial charge in [-0.15, -0.1) is 0 Å². The Labute approximate surface area is 255 Å². The van der Waals surface area contributed by atoms with Crippen LogP contribution in [0.4, 0.5) is 0 Å². The molecular formula is C38H34N2O4. The Kier molecular flexibility index (Phi) is 5.02. The summed E-state index contributed by atoms with van der Waals surface area (Å²) in [6, 6.07) is 24.5. The van der Waals surface area contributed by atoms with E-state index in [1.807, 2.05) is 36.4 Å². The largest absolute Gasteiger partial charge is 0.507 e. The molecule has 4 atom stereocenters. The molecule has 2 N–H and O–H groups in total. The minimum Gasteiger partial charge on any atom is -0.507 e. The zero-order chi connectivity index (χ0) is 30.1. The van der Waals surface area contributed by atoms with Crippen LogP contribution in [0.25, 0.3) is 21.5 Å². The maximum atomic E-state index is 12.1. The van der Waals surface area contributed by atoms with E-state index in [1.165, 1.54) is 0 Å². The van der Waals surface area contributed by atoms with E-state index in [4.69, 9.17) is 19.5 Å². The molecule has 9 rings (SSSR count). The molecule has 0 bridgehead atoms. The van der Waals surface area contributed by atoms with Gasteiger partial charge in [0.1, 0.15) is 23.0 Å². The number of benzene rings is 5. The van der Waals surface area contributed by atoms with Crippen LogP contribution in [-0.4, -0.2) is 34.5 Å². The Hall–Kier alpha value is -4.58. The Balaban J connectivity index is 1.33. The first-order chi connectivity index (χ1) is 21.2. The Bertz CT molecular complexity index is 2200. The van der Waals surface area contributed by atoms with E-state index in [1.54, 1.807) is 0 Å². The lowest BCUT2D eigenvalue weighted by atomic mass is 9.68. The molecule has 0 fully saturated rings. The van der Waals surface area contributed by atoms with Crippen LogP contribution in [-0.2, 0) is 0 Å². The lowest BCUT2D eigenvalue weighted by Crippen LogP contribution is -2.47. The molecule has 4 aliphatic rings. The summed E-state index contributed by atoms with van der Waals surface area (Å²) in [4.78, 5) is 10.6. The minimum atomic E-state index is -0.455. The van der Waals surface area contributed by atoms with Crippen molar-refractivity contribution in [3.63, 3.8) is 0 Å². The predicted octanol–water partition coefficient (Wildman–Crippen LogP) is 6.63. The highest BCUT2D eigenvalue weighted by atomic mass is 16.5. The van der Waals surface area contributed by atoms with Crippen molar-refractivity contribution in [1.29, 1.82) is 0 Å². The molecule has 0 aromatic heterocycles. The third-order valence-electron chi connectivity index (χ3n) is 10.8. The number of hydrogen-bond donors (Lipinski definition) is 2. The molecule has 6 nitrogen and oxygen atoms in total. The van der Waals surface area contributed by atoms with Crippen LogP contribution < -0.4 is 20.2 Å². The number of phenols is 2. The first kappa shape index (κ1) is 25.9. The van der Waals surface area contributed by atoms with E-state index in [0.717, 1.165) is 44.5 Å². The van der Waals surface area contributed by atoms with Crippen LogP contribution in [0.2, 0.25) is 0 Å². The number of hydrogen-bond acceptors (Lipinski definition) is 6. The number of fused-ring (bicyclic) bond motifs is 14. The normalized spacial score (nSPS) is 25.0. The Morgan fingerprint density at radius 1 is 0.614 bits per heavy atom. The molecule has 0 aliphatic carbocycles. The molecule has 4 unspecified atom stereocenters. The summed E-state index contributed by atoms with van der Waals surface area (Å²) in [5.74, 6) is 2.48. The van der Waals surface area contributed by atoms with Crippen molar-refractivity contribution in [3.8, 4) is 23.0 Å². The van der Waals surface area contributed by atoms with Crippen molar-refractivity contribution >= 4 is 21.5 Å². The average Bonchev–Trinajstić information content (AvgIpc) is 3.01. The average molecular weight is 583 g/mol. The molecule has 5 aromatic carbocycles. The van der Waals surface area contributed by atoms with E-state index >= 15 is 0 Å². The first-order valence-corrected chi connectivity index (χ1v) is 15.5. The molecule has 0 radical (unpaired) electrons. The summed E-state index contributed by atoms with van der Waals surface area (Å²) in [5.41, 5.74) is 3.49. The van der Waals surface area contributed by atoms with Gasteiger partial charge in [-0.1, -0.05) is 60.7 Å². The van der Waals surface area contributed by atoms with Gasteiger partial charge in [0.05, 0.1) is 45.8 Å². The van der Waals surface area contributed by atoms with Gasteiger partial charge in [0, 0.05) is 45.6 Å². The fourth-order valence-corrected chi connectivity index (χ4v) is 8.74. The van der Waals surface area contributed by atoms with Gasteiger partial charge in [0.25, 0.3) is 0 Å². The maximum Gasteiger partial charge on any atom is 0.133 e. The van der Waals surface area contributed by atoms with E-state index in [2.05, 4.69) is 64.1 Å². The second kappa shape index (κ2) is 8.53. The van der Waals surface area contributed by atoms with E-state index in [-0.39, 0.29) is 35.2 Å². The standard InChI is InChI=1S/C38H34N2O4/c1-37(2)26-18-44-27-11-7-5-9-20(27)29(26)22-14-16-24-31(34(22)39-37)36(42)23-15-13-19-25-17-43-28-12-8-6-10-21(28)32(25)38(3,4)40-33(19)30(23)35(24)41/h5-16,25-26,29,32,41-42H,17-18H2,1-4H3. The maximum absolute atomic E-state index is 12.1. The van der Waals surface area contributed by atoms with Crippen molar-refractivity contribution < 1.29 is 19.7 Å². The lowest BCUT2D eigenvalue weighted by molar-refractivity contribution is 0.140. The van der Waals surface area contributed by atoms with E-state index in [0.29, 0.717) is 34.8 Å². The fourth-order valence-electron chi connectivity index (χ4n) is 8.74. The van der Waals surface area contributed by atoms with Crippen LogP contribution in [0.3, 0.4) is 0 Å². The lowest BCUT2D eigenvalue weighted by Gasteiger charge is -2.44. The highest BCUT2D eigenvalue weighted by Gasteiger charge is 2.47. The molecule has 4 heterocycles. The third kappa shape index (κ3) is 3.26. The van der Waals surface area contributed by atoms with Crippen molar-refractivity contribution in [2.75, 3.05) is 13.2 Å². The summed E-state index contributed by atoms with van der Waals surface area (Å²) in [7, 11) is 0. The SMILES string of the molecule is CC1(C)N=c2c(ccc3c(O)c4c5c(ccc4c(O)c23)C2COc3ccccc3C2C(C)(C)N=5)C2c3ccccc3OCC21. The molecule has 0 saturated carbocycles. The molecular weight excluding hydrogens is 548 g/mol. The van der Waals surface area contributed by atoms with Gasteiger partial charge in [-0.05, 0) is 51.0 Å². The molecule has 44 heavy (non-hydrogen) atoms. The van der Waals surface area contributed by atoms with Crippen molar-refractivity contribution in [3.05, 3.63) is 106 Å². The van der Waals surface area contributed by atoms with E-state index < -0.39 is 11.1 Å². The number of phenolic OH excluding ortho intramolecular Hbond substituents is 2. The second-order valence-electron chi connectivity index (χ2n) is 13.9. The fraction of sp³-hybridized carbons (Fsp3) is 0.316. The predicted molar refractivity (Wildman–Crippen MR) is 170 cm³/mol. The molecule has 4 aliphatic heterocycles. The summed E-state index contributed by atoms with van der Waals surface area (Å²) in [6.45, 7) is 9.71. The van der Waals surface area contributed by atoms with Gasteiger partial charge >= 0.3 is 0 Å². The zero-order valence-corrected chi connectivity index (χ0v) is 25.3. The first-order valence-electron chi connectivity index (χ1n) is 15.5. The Morgan fingerprint density at radius 3 is 1.86 bits per heavy atom. The van der Waals surface area contributed by atoms with Gasteiger partial charge in [0.2, 0.25) is 0 Å². The number of para-hydroxylation sites is 2. The second-order valence-corrected chi connectivity index (χ2v) is 13.9. The molecule has 0 amide bonds. The highest BCUT2D eigenvalue weighted by molar-refractivity contribution is 6.10. The van der Waals surface area contributed by atoms with E-state index in [9.17, 15) is 10.2 Å². The monoisotopic (exact) mass is 582 g/mol.